The van der Waals surface area contributed by atoms with Crippen LogP contribution in [0.2, 0.25) is 0 Å². The molecule has 0 amide bonds. The summed E-state index contributed by atoms with van der Waals surface area (Å²) in [7, 11) is 1.83. The highest BCUT2D eigenvalue weighted by atomic mass is 32.1. The Morgan fingerprint density at radius 2 is 1.84 bits per heavy atom. The van der Waals surface area contributed by atoms with Gasteiger partial charge in [-0.25, -0.2) is 4.68 Å². The van der Waals surface area contributed by atoms with E-state index in [4.69, 9.17) is 5.10 Å². The number of nitrogens with zero attached hydrogens (tertiary/aromatic N) is 3. The molecule has 0 saturated carbocycles. The SMILES string of the molecule is CN=c1scc(-c2ccc(C)c(C)c2)n1N=C1CCc2ccccc21. The second-order valence-electron chi connectivity index (χ2n) is 6.44. The molecule has 126 valence electrons. The summed E-state index contributed by atoms with van der Waals surface area (Å²) in [6.45, 7) is 4.29. The Balaban J connectivity index is 1.87. The second-order valence-corrected chi connectivity index (χ2v) is 7.28. The number of thiazole rings is 1. The van der Waals surface area contributed by atoms with Crippen molar-refractivity contribution in [1.82, 2.24) is 4.68 Å². The molecule has 1 heterocycles. The van der Waals surface area contributed by atoms with Gasteiger partial charge in [-0.15, -0.1) is 11.3 Å². The standard InChI is InChI=1S/C21H21N3S/c1-14-8-9-17(12-15(14)2)20-13-25-21(22-3)24(20)23-19-11-10-16-6-4-5-7-18(16)19/h4-9,12-13H,10-11H2,1-3H3. The van der Waals surface area contributed by atoms with Crippen molar-refractivity contribution in [2.24, 2.45) is 10.1 Å². The molecule has 3 aromatic rings. The molecule has 1 aliphatic carbocycles. The third kappa shape index (κ3) is 2.87. The monoisotopic (exact) mass is 347 g/mol. The van der Waals surface area contributed by atoms with Gasteiger partial charge in [0.15, 0.2) is 0 Å². The van der Waals surface area contributed by atoms with Gasteiger partial charge in [-0.3, -0.25) is 4.99 Å². The van der Waals surface area contributed by atoms with Gasteiger partial charge in [0.25, 0.3) is 0 Å². The molecule has 0 aliphatic heterocycles. The van der Waals surface area contributed by atoms with Gasteiger partial charge in [0, 0.05) is 23.6 Å². The molecule has 0 bridgehead atoms. The molecule has 1 aliphatic rings. The molecule has 2 aromatic carbocycles. The number of aryl methyl sites for hydroxylation is 3. The lowest BCUT2D eigenvalue weighted by molar-refractivity contribution is 0.837. The van der Waals surface area contributed by atoms with Crippen molar-refractivity contribution in [3.63, 3.8) is 0 Å². The van der Waals surface area contributed by atoms with Crippen LogP contribution in [0.15, 0.2) is 57.9 Å². The van der Waals surface area contributed by atoms with Gasteiger partial charge in [-0.2, -0.15) is 5.10 Å². The number of aromatic nitrogens is 1. The maximum absolute atomic E-state index is 5.01. The molecule has 0 unspecified atom stereocenters. The zero-order valence-electron chi connectivity index (χ0n) is 14.8. The quantitative estimate of drug-likeness (QED) is 0.650. The van der Waals surface area contributed by atoms with Crippen LogP contribution in [0.1, 0.15) is 28.7 Å². The Kier molecular flexibility index (Phi) is 4.14. The minimum atomic E-state index is 0.921. The molecule has 1 aromatic heterocycles. The molecule has 4 rings (SSSR count). The molecule has 3 nitrogen and oxygen atoms in total. The lowest BCUT2D eigenvalue weighted by Gasteiger charge is -2.08. The van der Waals surface area contributed by atoms with E-state index in [0.717, 1.165) is 29.0 Å². The molecule has 0 atom stereocenters. The Labute approximate surface area is 152 Å². The number of benzene rings is 2. The number of fused-ring (bicyclic) bond motifs is 1. The lowest BCUT2D eigenvalue weighted by atomic mass is 10.1. The first kappa shape index (κ1) is 16.0. The van der Waals surface area contributed by atoms with Crippen LogP contribution in [0, 0.1) is 13.8 Å². The smallest absolute Gasteiger partial charge is 0.205 e. The van der Waals surface area contributed by atoms with Crippen molar-refractivity contribution in [2.45, 2.75) is 26.7 Å². The predicted octanol–water partition coefficient (Wildman–Crippen LogP) is 4.56. The van der Waals surface area contributed by atoms with Crippen LogP contribution in [0.4, 0.5) is 0 Å². The first-order valence-electron chi connectivity index (χ1n) is 8.54. The topological polar surface area (TPSA) is 29.6 Å². The van der Waals surface area contributed by atoms with Crippen LogP contribution >= 0.6 is 11.3 Å². The van der Waals surface area contributed by atoms with Crippen molar-refractivity contribution in [1.29, 1.82) is 0 Å². The molecule has 0 radical (unpaired) electrons. The zero-order valence-corrected chi connectivity index (χ0v) is 15.6. The fraction of sp³-hybridized carbons (Fsp3) is 0.238. The van der Waals surface area contributed by atoms with Crippen LogP contribution in [0.25, 0.3) is 11.3 Å². The number of rotatable bonds is 2. The highest BCUT2D eigenvalue weighted by Gasteiger charge is 2.18. The first-order chi connectivity index (χ1) is 12.2. The van der Waals surface area contributed by atoms with Crippen molar-refractivity contribution in [3.05, 3.63) is 74.9 Å². The zero-order chi connectivity index (χ0) is 17.4. The minimum absolute atomic E-state index is 0.921. The van der Waals surface area contributed by atoms with E-state index < -0.39 is 0 Å². The van der Waals surface area contributed by atoms with Gasteiger partial charge in [0.1, 0.15) is 0 Å². The number of hydrogen-bond acceptors (Lipinski definition) is 3. The summed E-state index contributed by atoms with van der Waals surface area (Å²) in [5.74, 6) is 0. The molecule has 0 saturated heterocycles. The van der Waals surface area contributed by atoms with Gasteiger partial charge in [0.05, 0.1) is 11.4 Å². The normalized spacial score (nSPS) is 15.8. The van der Waals surface area contributed by atoms with Crippen molar-refractivity contribution >= 4 is 17.0 Å². The Bertz CT molecular complexity index is 1040. The van der Waals surface area contributed by atoms with Gasteiger partial charge in [-0.1, -0.05) is 36.4 Å². The van der Waals surface area contributed by atoms with Crippen molar-refractivity contribution in [3.8, 4) is 11.3 Å². The van der Waals surface area contributed by atoms with Gasteiger partial charge in [0.2, 0.25) is 4.80 Å². The summed E-state index contributed by atoms with van der Waals surface area (Å²) in [5, 5.41) is 7.16. The van der Waals surface area contributed by atoms with E-state index >= 15 is 0 Å². The maximum Gasteiger partial charge on any atom is 0.205 e. The summed E-state index contributed by atoms with van der Waals surface area (Å²) in [6.07, 6.45) is 2.05. The van der Waals surface area contributed by atoms with Gasteiger partial charge >= 0.3 is 0 Å². The van der Waals surface area contributed by atoms with Crippen molar-refractivity contribution in [2.75, 3.05) is 7.05 Å². The first-order valence-corrected chi connectivity index (χ1v) is 9.42. The fourth-order valence-corrected chi connectivity index (χ4v) is 4.08. The summed E-state index contributed by atoms with van der Waals surface area (Å²) in [6, 6.07) is 15.1. The largest absolute Gasteiger partial charge is 0.261 e. The third-order valence-electron chi connectivity index (χ3n) is 4.86. The van der Waals surface area contributed by atoms with E-state index in [1.165, 1.54) is 27.8 Å². The lowest BCUT2D eigenvalue weighted by Crippen LogP contribution is -2.14. The average Bonchev–Trinajstić information content (AvgIpc) is 3.22. The highest BCUT2D eigenvalue weighted by molar-refractivity contribution is 7.07. The molecule has 25 heavy (non-hydrogen) atoms. The van der Waals surface area contributed by atoms with Gasteiger partial charge < -0.3 is 0 Å². The molecular formula is C21H21N3S. The molecule has 4 heteroatoms. The van der Waals surface area contributed by atoms with Crippen LogP contribution in [0.5, 0.6) is 0 Å². The highest BCUT2D eigenvalue weighted by Crippen LogP contribution is 2.26. The maximum atomic E-state index is 5.01. The van der Waals surface area contributed by atoms with Crippen LogP contribution in [0.3, 0.4) is 0 Å². The van der Waals surface area contributed by atoms with Crippen LogP contribution in [-0.2, 0) is 6.42 Å². The van der Waals surface area contributed by atoms with E-state index in [9.17, 15) is 0 Å². The minimum Gasteiger partial charge on any atom is -0.261 e. The predicted molar refractivity (Wildman–Crippen MR) is 105 cm³/mol. The van der Waals surface area contributed by atoms with Crippen LogP contribution in [-0.4, -0.2) is 17.4 Å². The summed E-state index contributed by atoms with van der Waals surface area (Å²) >= 11 is 1.63. The summed E-state index contributed by atoms with van der Waals surface area (Å²) < 4.78 is 2.01. The number of hydrogen-bond donors (Lipinski definition) is 0. The Morgan fingerprint density at radius 1 is 1.00 bits per heavy atom. The van der Waals surface area contributed by atoms with E-state index in [-0.39, 0.29) is 0 Å². The molecule has 0 spiro atoms. The fourth-order valence-electron chi connectivity index (χ4n) is 3.28. The average molecular weight is 347 g/mol. The summed E-state index contributed by atoms with van der Waals surface area (Å²) in [4.78, 5) is 5.35. The van der Waals surface area contributed by atoms with Crippen LogP contribution < -0.4 is 4.80 Å². The molecule has 0 fully saturated rings. The van der Waals surface area contributed by atoms with E-state index in [1.807, 2.05) is 11.7 Å². The Morgan fingerprint density at radius 3 is 2.64 bits per heavy atom. The van der Waals surface area contributed by atoms with Crippen molar-refractivity contribution < 1.29 is 0 Å². The van der Waals surface area contributed by atoms with E-state index in [1.54, 1.807) is 11.3 Å². The molecular weight excluding hydrogens is 326 g/mol. The summed E-state index contributed by atoms with van der Waals surface area (Å²) in [5.41, 5.74) is 8.70. The van der Waals surface area contributed by atoms with E-state index in [0.29, 0.717) is 0 Å². The van der Waals surface area contributed by atoms with E-state index in [2.05, 4.69) is 66.7 Å². The third-order valence-corrected chi connectivity index (χ3v) is 5.77. The second kappa shape index (κ2) is 6.45. The Hall–Kier alpha value is -2.46. The molecule has 0 N–H and O–H groups in total. The van der Waals surface area contributed by atoms with Gasteiger partial charge in [-0.05, 0) is 49.4 Å².